The quantitative estimate of drug-likeness (QED) is 0.573. The number of carbonyl (C=O) groups is 2. The average molecular weight is 283 g/mol. The largest absolute Gasteiger partial charge is 0.478 e. The SMILES string of the molecule is CCNCCCNC(=O)Nc1ccc(F)cc1C(=O)O. The van der Waals surface area contributed by atoms with Crippen molar-refractivity contribution in [1.82, 2.24) is 10.6 Å². The number of nitrogens with one attached hydrogen (secondary N) is 3. The van der Waals surface area contributed by atoms with Crippen molar-refractivity contribution in [2.24, 2.45) is 0 Å². The number of halogens is 1. The first-order chi connectivity index (χ1) is 9.54. The third-order valence-electron chi connectivity index (χ3n) is 2.53. The zero-order valence-corrected chi connectivity index (χ0v) is 11.2. The molecule has 20 heavy (non-hydrogen) atoms. The van der Waals surface area contributed by atoms with Crippen LogP contribution in [0.15, 0.2) is 18.2 Å². The fourth-order valence-corrected chi connectivity index (χ4v) is 1.56. The highest BCUT2D eigenvalue weighted by atomic mass is 19.1. The van der Waals surface area contributed by atoms with Gasteiger partial charge in [0.05, 0.1) is 11.3 Å². The Morgan fingerprint density at radius 2 is 2.05 bits per heavy atom. The number of amides is 2. The first kappa shape index (κ1) is 15.9. The molecule has 0 heterocycles. The van der Waals surface area contributed by atoms with E-state index in [-0.39, 0.29) is 11.3 Å². The molecule has 0 bridgehead atoms. The van der Waals surface area contributed by atoms with Gasteiger partial charge in [-0.2, -0.15) is 0 Å². The molecule has 7 heteroatoms. The molecule has 1 aromatic rings. The number of hydrogen-bond donors (Lipinski definition) is 4. The molecule has 0 spiro atoms. The Kier molecular flexibility index (Phi) is 6.45. The maximum Gasteiger partial charge on any atom is 0.337 e. The fraction of sp³-hybridized carbons (Fsp3) is 0.385. The van der Waals surface area contributed by atoms with Crippen molar-refractivity contribution in [3.05, 3.63) is 29.6 Å². The zero-order valence-electron chi connectivity index (χ0n) is 11.2. The van der Waals surface area contributed by atoms with E-state index in [0.29, 0.717) is 6.54 Å². The van der Waals surface area contributed by atoms with Gasteiger partial charge in [0.2, 0.25) is 0 Å². The van der Waals surface area contributed by atoms with E-state index < -0.39 is 17.8 Å². The van der Waals surface area contributed by atoms with Crippen LogP contribution in [0.5, 0.6) is 0 Å². The third kappa shape index (κ3) is 5.23. The van der Waals surface area contributed by atoms with Crippen LogP contribution in [-0.4, -0.2) is 36.7 Å². The molecule has 1 rings (SSSR count). The van der Waals surface area contributed by atoms with Crippen molar-refractivity contribution < 1.29 is 19.1 Å². The molecule has 6 nitrogen and oxygen atoms in total. The highest BCUT2D eigenvalue weighted by Gasteiger charge is 2.13. The summed E-state index contributed by atoms with van der Waals surface area (Å²) in [6.45, 7) is 4.10. The summed E-state index contributed by atoms with van der Waals surface area (Å²) < 4.78 is 13.0. The smallest absolute Gasteiger partial charge is 0.337 e. The van der Waals surface area contributed by atoms with Gasteiger partial charge in [-0.3, -0.25) is 0 Å². The molecule has 0 unspecified atom stereocenters. The molecule has 1 aromatic carbocycles. The number of carboxylic acid groups (broad SMARTS) is 1. The van der Waals surface area contributed by atoms with Crippen molar-refractivity contribution >= 4 is 17.7 Å². The van der Waals surface area contributed by atoms with E-state index >= 15 is 0 Å². The molecule has 0 atom stereocenters. The van der Waals surface area contributed by atoms with Crippen LogP contribution in [0, 0.1) is 5.82 Å². The van der Waals surface area contributed by atoms with Gasteiger partial charge in [-0.15, -0.1) is 0 Å². The monoisotopic (exact) mass is 283 g/mol. The predicted octanol–water partition coefficient (Wildman–Crippen LogP) is 1.64. The minimum Gasteiger partial charge on any atom is -0.478 e. The second-order valence-corrected chi connectivity index (χ2v) is 4.08. The summed E-state index contributed by atoms with van der Waals surface area (Å²) in [4.78, 5) is 22.5. The number of carboxylic acids is 1. The molecule has 0 saturated heterocycles. The van der Waals surface area contributed by atoms with Crippen LogP contribution < -0.4 is 16.0 Å². The summed E-state index contributed by atoms with van der Waals surface area (Å²) in [7, 11) is 0. The first-order valence-corrected chi connectivity index (χ1v) is 6.33. The number of benzene rings is 1. The molecule has 0 aliphatic rings. The van der Waals surface area contributed by atoms with E-state index in [1.807, 2.05) is 6.92 Å². The van der Waals surface area contributed by atoms with Gasteiger partial charge in [-0.25, -0.2) is 14.0 Å². The predicted molar refractivity (Wildman–Crippen MR) is 73.5 cm³/mol. The number of rotatable bonds is 7. The Morgan fingerprint density at radius 1 is 1.30 bits per heavy atom. The summed E-state index contributed by atoms with van der Waals surface area (Å²) in [5.41, 5.74) is -0.226. The van der Waals surface area contributed by atoms with Crippen molar-refractivity contribution in [3.63, 3.8) is 0 Å². The summed E-state index contributed by atoms with van der Waals surface area (Å²) in [5, 5.41) is 17.0. The standard InChI is InChI=1S/C13H18FN3O3/c1-2-15-6-3-7-16-13(20)17-11-5-4-9(14)8-10(11)12(18)19/h4-5,8,15H,2-3,6-7H2,1H3,(H,18,19)(H2,16,17,20). The van der Waals surface area contributed by atoms with Crippen molar-refractivity contribution in [3.8, 4) is 0 Å². The molecule has 0 aliphatic carbocycles. The fourth-order valence-electron chi connectivity index (χ4n) is 1.56. The zero-order chi connectivity index (χ0) is 15.0. The van der Waals surface area contributed by atoms with Crippen LogP contribution in [0.1, 0.15) is 23.7 Å². The molecule has 0 fully saturated rings. The Balaban J connectivity index is 2.51. The van der Waals surface area contributed by atoms with Gasteiger partial charge < -0.3 is 21.1 Å². The van der Waals surface area contributed by atoms with Gasteiger partial charge in [0.25, 0.3) is 0 Å². The molecule has 4 N–H and O–H groups in total. The van der Waals surface area contributed by atoms with Gasteiger partial charge >= 0.3 is 12.0 Å². The summed E-state index contributed by atoms with van der Waals surface area (Å²) in [6.07, 6.45) is 0.760. The molecule has 2 amide bonds. The van der Waals surface area contributed by atoms with Crippen molar-refractivity contribution in [2.75, 3.05) is 25.0 Å². The van der Waals surface area contributed by atoms with Crippen LogP contribution in [0.3, 0.4) is 0 Å². The van der Waals surface area contributed by atoms with E-state index in [1.54, 1.807) is 0 Å². The van der Waals surface area contributed by atoms with E-state index in [4.69, 9.17) is 5.11 Å². The highest BCUT2D eigenvalue weighted by Crippen LogP contribution is 2.16. The van der Waals surface area contributed by atoms with E-state index in [9.17, 15) is 14.0 Å². The summed E-state index contributed by atoms with van der Waals surface area (Å²) in [5.74, 6) is -1.97. The lowest BCUT2D eigenvalue weighted by Gasteiger charge is -2.10. The highest BCUT2D eigenvalue weighted by molar-refractivity contribution is 5.99. The number of carbonyl (C=O) groups excluding carboxylic acids is 1. The average Bonchev–Trinajstić information content (AvgIpc) is 2.40. The van der Waals surface area contributed by atoms with Crippen LogP contribution in [0.25, 0.3) is 0 Å². The van der Waals surface area contributed by atoms with Crippen LogP contribution >= 0.6 is 0 Å². The number of anilines is 1. The Bertz CT molecular complexity index is 480. The van der Waals surface area contributed by atoms with Gasteiger partial charge in [0, 0.05) is 6.54 Å². The van der Waals surface area contributed by atoms with Crippen LogP contribution in [0.2, 0.25) is 0 Å². The van der Waals surface area contributed by atoms with Gasteiger partial charge in [-0.1, -0.05) is 6.92 Å². The minimum atomic E-state index is -1.30. The van der Waals surface area contributed by atoms with Crippen molar-refractivity contribution in [1.29, 1.82) is 0 Å². The molecular weight excluding hydrogens is 265 g/mol. The minimum absolute atomic E-state index is 0.0584. The normalized spacial score (nSPS) is 10.1. The van der Waals surface area contributed by atoms with Crippen molar-refractivity contribution in [2.45, 2.75) is 13.3 Å². The molecule has 0 aromatic heterocycles. The molecular formula is C13H18FN3O3. The molecule has 0 radical (unpaired) electrons. The van der Waals surface area contributed by atoms with Crippen LogP contribution in [-0.2, 0) is 0 Å². The Hall–Kier alpha value is -2.15. The topological polar surface area (TPSA) is 90.5 Å². The lowest BCUT2D eigenvalue weighted by molar-refractivity contribution is 0.0697. The maximum absolute atomic E-state index is 13.0. The first-order valence-electron chi connectivity index (χ1n) is 6.33. The lowest BCUT2D eigenvalue weighted by Crippen LogP contribution is -2.31. The second kappa shape index (κ2) is 8.11. The molecule has 0 saturated carbocycles. The number of aromatic carboxylic acids is 1. The molecule has 110 valence electrons. The summed E-state index contributed by atoms with van der Waals surface area (Å²) >= 11 is 0. The van der Waals surface area contributed by atoms with E-state index in [1.165, 1.54) is 6.07 Å². The number of urea groups is 1. The Morgan fingerprint density at radius 3 is 2.70 bits per heavy atom. The van der Waals surface area contributed by atoms with E-state index in [2.05, 4.69) is 16.0 Å². The number of hydrogen-bond acceptors (Lipinski definition) is 3. The van der Waals surface area contributed by atoms with Gasteiger partial charge in [0.15, 0.2) is 0 Å². The Labute approximate surface area is 116 Å². The van der Waals surface area contributed by atoms with E-state index in [0.717, 1.165) is 31.6 Å². The third-order valence-corrected chi connectivity index (χ3v) is 2.53. The van der Waals surface area contributed by atoms with Gasteiger partial charge in [-0.05, 0) is 37.7 Å². The maximum atomic E-state index is 13.0. The summed E-state index contributed by atoms with van der Waals surface area (Å²) in [6, 6.07) is 2.66. The molecule has 0 aliphatic heterocycles. The lowest BCUT2D eigenvalue weighted by atomic mass is 10.2. The second-order valence-electron chi connectivity index (χ2n) is 4.08. The van der Waals surface area contributed by atoms with Gasteiger partial charge in [0.1, 0.15) is 5.82 Å². The van der Waals surface area contributed by atoms with Crippen LogP contribution in [0.4, 0.5) is 14.9 Å².